The van der Waals surface area contributed by atoms with Crippen LogP contribution in [0.1, 0.15) is 0 Å². The Balaban J connectivity index is 1.57. The van der Waals surface area contributed by atoms with E-state index in [0.29, 0.717) is 22.1 Å². The van der Waals surface area contributed by atoms with Gasteiger partial charge in [-0.2, -0.15) is 30.4 Å². The van der Waals surface area contributed by atoms with Gasteiger partial charge in [0.05, 0.1) is 32.5 Å². The first-order chi connectivity index (χ1) is 20.1. The number of hydrogen-bond acceptors (Lipinski definition) is 11. The van der Waals surface area contributed by atoms with Crippen molar-refractivity contribution in [1.29, 1.82) is 0 Å². The number of fused-ring (bicyclic) bond motifs is 2. The molecule has 5 aromatic carbocycles. The molecule has 0 aliphatic carbocycles. The van der Waals surface area contributed by atoms with Gasteiger partial charge in [0, 0.05) is 27.2 Å². The van der Waals surface area contributed by atoms with Crippen LogP contribution in [0.4, 0.5) is 28.4 Å². The standard InChI is InChI=1S/C26H21N5O9S3/c27-21-9-10-23(19-5-2-6-25(26(19)21)43(38,39)40)30-31-24-12-11-22(18-8-7-17(14-20(18)24)42(35,36)37)29-28-15-3-1-4-16(13-15)41(32,33)34/h1-14,30-31H,27H2,(H,32,33,34)(H,35,36,37)(H,38,39,40)/b29-28+. The van der Waals surface area contributed by atoms with Crippen molar-refractivity contribution >= 4 is 80.3 Å². The highest BCUT2D eigenvalue weighted by Gasteiger charge is 2.18. The van der Waals surface area contributed by atoms with Crippen LogP contribution in [0, 0.1) is 0 Å². The lowest BCUT2D eigenvalue weighted by molar-refractivity contribution is 0.481. The average molecular weight is 644 g/mol. The second-order valence-electron chi connectivity index (χ2n) is 9.09. The zero-order chi connectivity index (χ0) is 31.2. The third-order valence-electron chi connectivity index (χ3n) is 6.30. The second-order valence-corrected chi connectivity index (χ2v) is 13.3. The SMILES string of the molecule is Nc1ccc(NNc2ccc(/N=N/c3cccc(S(=O)(=O)O)c3)c3ccc(S(=O)(=O)O)cc23)c2cccc(S(=O)(=O)O)c12. The van der Waals surface area contributed by atoms with E-state index in [1.807, 2.05) is 0 Å². The molecule has 0 heterocycles. The van der Waals surface area contributed by atoms with Gasteiger partial charge in [0.15, 0.2) is 0 Å². The molecule has 0 spiro atoms. The van der Waals surface area contributed by atoms with E-state index in [2.05, 4.69) is 21.1 Å². The molecule has 14 nitrogen and oxygen atoms in total. The van der Waals surface area contributed by atoms with Crippen LogP contribution in [0.15, 0.2) is 110 Å². The summed E-state index contributed by atoms with van der Waals surface area (Å²) >= 11 is 0. The third kappa shape index (κ3) is 6.26. The summed E-state index contributed by atoms with van der Waals surface area (Å²) in [4.78, 5) is -1.17. The molecule has 5 rings (SSSR count). The fourth-order valence-electron chi connectivity index (χ4n) is 4.34. The number of nitrogen functional groups attached to an aromatic ring is 1. The molecule has 0 aromatic heterocycles. The highest BCUT2D eigenvalue weighted by molar-refractivity contribution is 7.86. The predicted octanol–water partition coefficient (Wildman–Crippen LogP) is 5.17. The smallest absolute Gasteiger partial charge is 0.295 e. The largest absolute Gasteiger partial charge is 0.398 e. The summed E-state index contributed by atoms with van der Waals surface area (Å²) in [5.74, 6) is 0. The Hall–Kier alpha value is -4.65. The number of hydrogen-bond donors (Lipinski definition) is 6. The predicted molar refractivity (Wildman–Crippen MR) is 160 cm³/mol. The quantitative estimate of drug-likeness (QED) is 0.0556. The molecular formula is C26H21N5O9S3. The molecule has 5 aromatic rings. The van der Waals surface area contributed by atoms with Crippen molar-refractivity contribution < 1.29 is 38.9 Å². The molecule has 0 saturated heterocycles. The van der Waals surface area contributed by atoms with E-state index in [4.69, 9.17) is 5.73 Å². The Labute approximate surface area is 245 Å². The van der Waals surface area contributed by atoms with Crippen molar-refractivity contribution in [3.05, 3.63) is 84.9 Å². The second kappa shape index (κ2) is 10.9. The minimum absolute atomic E-state index is 0.0872. The minimum atomic E-state index is -4.59. The maximum absolute atomic E-state index is 11.9. The Kier molecular flexibility index (Phi) is 7.55. The van der Waals surface area contributed by atoms with Gasteiger partial charge < -0.3 is 16.6 Å². The summed E-state index contributed by atoms with van der Waals surface area (Å²) in [6.07, 6.45) is 0. The van der Waals surface area contributed by atoms with Crippen molar-refractivity contribution in [2.24, 2.45) is 10.2 Å². The van der Waals surface area contributed by atoms with Crippen molar-refractivity contribution in [3.63, 3.8) is 0 Å². The van der Waals surface area contributed by atoms with Crippen LogP contribution in [-0.2, 0) is 30.4 Å². The maximum Gasteiger partial charge on any atom is 0.295 e. The first-order valence-corrected chi connectivity index (χ1v) is 16.3. The number of nitrogens with one attached hydrogen (secondary N) is 2. The lowest BCUT2D eigenvalue weighted by Gasteiger charge is -2.16. The van der Waals surface area contributed by atoms with E-state index in [1.165, 1.54) is 60.7 Å². The number of nitrogens with zero attached hydrogens (tertiary/aromatic N) is 2. The van der Waals surface area contributed by atoms with Crippen LogP contribution >= 0.6 is 0 Å². The molecule has 0 amide bonds. The number of azo groups is 1. The summed E-state index contributed by atoms with van der Waals surface area (Å²) < 4.78 is 99.1. The molecule has 0 aliphatic heterocycles. The van der Waals surface area contributed by atoms with Gasteiger partial charge in [-0.15, -0.1) is 5.11 Å². The Bertz CT molecular complexity index is 2290. The van der Waals surface area contributed by atoms with Crippen molar-refractivity contribution in [2.45, 2.75) is 14.7 Å². The van der Waals surface area contributed by atoms with Gasteiger partial charge in [-0.05, 0) is 60.7 Å². The average Bonchev–Trinajstić information content (AvgIpc) is 2.94. The molecular weight excluding hydrogens is 623 g/mol. The molecule has 222 valence electrons. The number of hydrazine groups is 1. The molecule has 7 N–H and O–H groups in total. The van der Waals surface area contributed by atoms with Crippen molar-refractivity contribution in [1.82, 2.24) is 0 Å². The Morgan fingerprint density at radius 3 is 1.88 bits per heavy atom. The van der Waals surface area contributed by atoms with Gasteiger partial charge in [0.25, 0.3) is 30.4 Å². The van der Waals surface area contributed by atoms with Crippen molar-refractivity contribution in [3.8, 4) is 0 Å². The van der Waals surface area contributed by atoms with E-state index in [1.54, 1.807) is 12.1 Å². The summed E-state index contributed by atoms with van der Waals surface area (Å²) in [5, 5.41) is 9.27. The van der Waals surface area contributed by atoms with E-state index in [9.17, 15) is 38.9 Å². The highest BCUT2D eigenvalue weighted by Crippen LogP contribution is 2.37. The van der Waals surface area contributed by atoms with Gasteiger partial charge in [-0.3, -0.25) is 13.7 Å². The van der Waals surface area contributed by atoms with Gasteiger partial charge >= 0.3 is 0 Å². The molecule has 0 saturated carbocycles. The fraction of sp³-hybridized carbons (Fsp3) is 0. The number of nitrogens with two attached hydrogens (primary N) is 1. The maximum atomic E-state index is 11.9. The summed E-state index contributed by atoms with van der Waals surface area (Å²) in [6.45, 7) is 0. The van der Waals surface area contributed by atoms with E-state index in [0.717, 1.165) is 12.1 Å². The van der Waals surface area contributed by atoms with E-state index < -0.39 is 35.2 Å². The summed E-state index contributed by atoms with van der Waals surface area (Å²) in [6, 6.07) is 19.2. The van der Waals surface area contributed by atoms with Gasteiger partial charge in [0.1, 0.15) is 4.90 Å². The first kappa shape index (κ1) is 29.8. The monoisotopic (exact) mass is 643 g/mol. The van der Waals surface area contributed by atoms with E-state index in [-0.39, 0.29) is 37.6 Å². The number of rotatable bonds is 8. The normalized spacial score (nSPS) is 12.6. The first-order valence-electron chi connectivity index (χ1n) is 12.0. The zero-order valence-corrected chi connectivity index (χ0v) is 24.0. The van der Waals surface area contributed by atoms with Crippen LogP contribution in [-0.4, -0.2) is 38.9 Å². The van der Waals surface area contributed by atoms with Crippen LogP contribution in [0.5, 0.6) is 0 Å². The molecule has 0 bridgehead atoms. The number of benzene rings is 5. The Morgan fingerprint density at radius 1 is 0.581 bits per heavy atom. The highest BCUT2D eigenvalue weighted by atomic mass is 32.2. The molecule has 43 heavy (non-hydrogen) atoms. The molecule has 0 radical (unpaired) electrons. The van der Waals surface area contributed by atoms with Crippen LogP contribution in [0.3, 0.4) is 0 Å². The van der Waals surface area contributed by atoms with Gasteiger partial charge in [-0.1, -0.05) is 24.3 Å². The molecule has 17 heteroatoms. The molecule has 0 unspecified atom stereocenters. The van der Waals surface area contributed by atoms with Crippen LogP contribution in [0.25, 0.3) is 21.5 Å². The fourth-order valence-corrected chi connectivity index (χ4v) is 6.11. The number of anilines is 3. The Morgan fingerprint density at radius 2 is 1.21 bits per heavy atom. The summed E-state index contributed by atoms with van der Waals surface area (Å²) in [5.41, 5.74) is 13.0. The molecule has 0 atom stereocenters. The third-order valence-corrected chi connectivity index (χ3v) is 8.89. The topological polar surface area (TPSA) is 238 Å². The lowest BCUT2D eigenvalue weighted by Crippen LogP contribution is -2.10. The van der Waals surface area contributed by atoms with Crippen molar-refractivity contribution in [2.75, 3.05) is 16.6 Å². The molecule has 0 fully saturated rings. The lowest BCUT2D eigenvalue weighted by atomic mass is 10.1. The van der Waals surface area contributed by atoms with Crippen LogP contribution < -0.4 is 16.6 Å². The molecule has 0 aliphatic rings. The van der Waals surface area contributed by atoms with Gasteiger partial charge in [0.2, 0.25) is 0 Å². The summed E-state index contributed by atoms with van der Waals surface area (Å²) in [7, 11) is -13.7. The van der Waals surface area contributed by atoms with Gasteiger partial charge in [-0.25, -0.2) is 0 Å². The minimum Gasteiger partial charge on any atom is -0.398 e. The van der Waals surface area contributed by atoms with Crippen LogP contribution in [0.2, 0.25) is 0 Å². The van der Waals surface area contributed by atoms with E-state index >= 15 is 0 Å². The zero-order valence-electron chi connectivity index (χ0n) is 21.6.